The summed E-state index contributed by atoms with van der Waals surface area (Å²) in [4.78, 5) is 14.4. The minimum absolute atomic E-state index is 0.0597. The first-order valence-electron chi connectivity index (χ1n) is 5.86. The molecule has 1 rings (SSSR count). The van der Waals surface area contributed by atoms with Crippen LogP contribution in [0.1, 0.15) is 31.5 Å². The second kappa shape index (κ2) is 4.68. The van der Waals surface area contributed by atoms with E-state index in [-0.39, 0.29) is 5.04 Å². The van der Waals surface area contributed by atoms with Gasteiger partial charge in [0.2, 0.25) is 0 Å². The molecule has 0 spiro atoms. The molecule has 1 aromatic rings. The highest BCUT2D eigenvalue weighted by molar-refractivity contribution is 6.72. The van der Waals surface area contributed by atoms with Gasteiger partial charge in [-0.25, -0.2) is 0 Å². The van der Waals surface area contributed by atoms with Gasteiger partial charge in [0.25, 0.3) is 0 Å². The SMILES string of the molecule is Cc1cc(CCC(C)(C)[Si](C)(C)O)ccn1. The number of hydrogen-bond donors (Lipinski definition) is 1. The summed E-state index contributed by atoms with van der Waals surface area (Å²) in [6.07, 6.45) is 3.92. The molecule has 0 aliphatic rings. The van der Waals surface area contributed by atoms with Crippen molar-refractivity contribution in [1.82, 2.24) is 4.98 Å². The second-order valence-electron chi connectivity index (χ2n) is 5.75. The Morgan fingerprint density at radius 2 is 2.00 bits per heavy atom. The van der Waals surface area contributed by atoms with E-state index in [9.17, 15) is 4.80 Å². The highest BCUT2D eigenvalue weighted by atomic mass is 28.4. The van der Waals surface area contributed by atoms with Crippen LogP contribution in [0.25, 0.3) is 0 Å². The quantitative estimate of drug-likeness (QED) is 0.815. The van der Waals surface area contributed by atoms with Gasteiger partial charge in [-0.1, -0.05) is 13.8 Å². The van der Waals surface area contributed by atoms with E-state index in [4.69, 9.17) is 0 Å². The summed E-state index contributed by atoms with van der Waals surface area (Å²) < 4.78 is 0. The summed E-state index contributed by atoms with van der Waals surface area (Å²) in [5.41, 5.74) is 2.38. The molecule has 1 N–H and O–H groups in total. The molecule has 0 unspecified atom stereocenters. The van der Waals surface area contributed by atoms with Crippen molar-refractivity contribution in [2.45, 2.75) is 51.7 Å². The monoisotopic (exact) mass is 237 g/mol. The first-order valence-corrected chi connectivity index (χ1v) is 8.81. The third kappa shape index (κ3) is 3.42. The smallest absolute Gasteiger partial charge is 0.188 e. The van der Waals surface area contributed by atoms with Gasteiger partial charge in [-0.05, 0) is 55.6 Å². The van der Waals surface area contributed by atoms with E-state index in [0.717, 1.165) is 18.5 Å². The molecular weight excluding hydrogens is 214 g/mol. The van der Waals surface area contributed by atoms with E-state index in [2.05, 4.69) is 31.0 Å². The summed E-state index contributed by atoms with van der Waals surface area (Å²) in [5, 5.41) is 0.0597. The molecule has 1 heterocycles. The Bertz CT molecular complexity index is 355. The van der Waals surface area contributed by atoms with Crippen molar-refractivity contribution in [2.75, 3.05) is 0 Å². The fourth-order valence-corrected chi connectivity index (χ4v) is 2.26. The maximum atomic E-state index is 10.2. The van der Waals surface area contributed by atoms with Gasteiger partial charge in [0.15, 0.2) is 8.32 Å². The van der Waals surface area contributed by atoms with Gasteiger partial charge in [0, 0.05) is 11.9 Å². The number of aromatic nitrogens is 1. The van der Waals surface area contributed by atoms with E-state index in [1.54, 1.807) is 0 Å². The van der Waals surface area contributed by atoms with Crippen molar-refractivity contribution in [3.63, 3.8) is 0 Å². The van der Waals surface area contributed by atoms with Crippen LogP contribution < -0.4 is 0 Å². The van der Waals surface area contributed by atoms with Crippen molar-refractivity contribution < 1.29 is 4.80 Å². The zero-order valence-corrected chi connectivity index (χ0v) is 12.0. The molecular formula is C13H23NOSi. The fourth-order valence-electron chi connectivity index (χ4n) is 1.52. The maximum absolute atomic E-state index is 10.2. The Labute approximate surface area is 99.9 Å². The average Bonchev–Trinajstić information content (AvgIpc) is 2.13. The van der Waals surface area contributed by atoms with E-state index in [1.165, 1.54) is 5.56 Å². The van der Waals surface area contributed by atoms with E-state index in [0.29, 0.717) is 0 Å². The lowest BCUT2D eigenvalue weighted by Gasteiger charge is -2.35. The Balaban J connectivity index is 2.65. The minimum Gasteiger partial charge on any atom is -0.432 e. The van der Waals surface area contributed by atoms with Crippen molar-refractivity contribution in [1.29, 1.82) is 0 Å². The van der Waals surface area contributed by atoms with Crippen molar-refractivity contribution in [3.8, 4) is 0 Å². The number of hydrogen-bond acceptors (Lipinski definition) is 2. The largest absolute Gasteiger partial charge is 0.432 e. The number of rotatable bonds is 4. The predicted molar refractivity (Wildman–Crippen MR) is 71.0 cm³/mol. The van der Waals surface area contributed by atoms with Gasteiger partial charge < -0.3 is 4.80 Å². The standard InChI is InChI=1S/C13H23NOSi/c1-11-10-12(7-9-14-11)6-8-13(2,3)16(4,5)15/h7,9-10,15H,6,8H2,1-5H3. The van der Waals surface area contributed by atoms with Gasteiger partial charge >= 0.3 is 0 Å². The Kier molecular flexibility index (Phi) is 3.91. The molecule has 0 aliphatic heterocycles. The number of aryl methyl sites for hydroxylation is 2. The highest BCUT2D eigenvalue weighted by Gasteiger charge is 2.37. The maximum Gasteiger partial charge on any atom is 0.188 e. The molecule has 0 saturated carbocycles. The molecule has 0 fully saturated rings. The molecule has 90 valence electrons. The van der Waals surface area contributed by atoms with Crippen LogP contribution in [-0.2, 0) is 6.42 Å². The zero-order valence-electron chi connectivity index (χ0n) is 11.0. The summed E-state index contributed by atoms with van der Waals surface area (Å²) in [5.74, 6) is 0. The summed E-state index contributed by atoms with van der Waals surface area (Å²) in [6.45, 7) is 10.4. The predicted octanol–water partition coefficient (Wildman–Crippen LogP) is 3.30. The van der Waals surface area contributed by atoms with Gasteiger partial charge in [-0.15, -0.1) is 0 Å². The molecule has 0 aliphatic carbocycles. The van der Waals surface area contributed by atoms with Crippen molar-refractivity contribution in [3.05, 3.63) is 29.6 Å². The van der Waals surface area contributed by atoms with Gasteiger partial charge in [-0.2, -0.15) is 0 Å². The first-order chi connectivity index (χ1) is 7.22. The average molecular weight is 237 g/mol. The molecule has 2 nitrogen and oxygen atoms in total. The van der Waals surface area contributed by atoms with Gasteiger partial charge in [0.05, 0.1) is 0 Å². The fraction of sp³-hybridized carbons (Fsp3) is 0.615. The van der Waals surface area contributed by atoms with E-state index < -0.39 is 8.32 Å². The third-order valence-corrected chi connectivity index (χ3v) is 7.22. The molecule has 0 amide bonds. The summed E-state index contributed by atoms with van der Waals surface area (Å²) in [7, 11) is -2.07. The lowest BCUT2D eigenvalue weighted by atomic mass is 10.0. The van der Waals surface area contributed by atoms with Crippen LogP contribution in [0.15, 0.2) is 18.3 Å². The van der Waals surface area contributed by atoms with Gasteiger partial charge in [-0.3, -0.25) is 4.98 Å². The zero-order chi connectivity index (χ0) is 12.4. The van der Waals surface area contributed by atoms with Crippen LogP contribution in [0.2, 0.25) is 18.1 Å². The van der Waals surface area contributed by atoms with Crippen LogP contribution >= 0.6 is 0 Å². The molecule has 0 atom stereocenters. The molecule has 0 aromatic carbocycles. The summed E-state index contributed by atoms with van der Waals surface area (Å²) in [6, 6.07) is 4.19. The van der Waals surface area contributed by atoms with Crippen LogP contribution in [0, 0.1) is 6.92 Å². The van der Waals surface area contributed by atoms with Crippen LogP contribution in [-0.4, -0.2) is 18.1 Å². The normalized spacial score (nSPS) is 12.9. The molecule has 3 heteroatoms. The number of nitrogens with zero attached hydrogens (tertiary/aromatic N) is 1. The highest BCUT2D eigenvalue weighted by Crippen LogP contribution is 2.39. The van der Waals surface area contributed by atoms with Crippen LogP contribution in [0.4, 0.5) is 0 Å². The topological polar surface area (TPSA) is 33.1 Å². The van der Waals surface area contributed by atoms with Crippen molar-refractivity contribution in [2.24, 2.45) is 0 Å². The van der Waals surface area contributed by atoms with Crippen LogP contribution in [0.3, 0.4) is 0 Å². The summed E-state index contributed by atoms with van der Waals surface area (Å²) >= 11 is 0. The molecule has 1 aromatic heterocycles. The Morgan fingerprint density at radius 3 is 2.50 bits per heavy atom. The Morgan fingerprint density at radius 1 is 1.38 bits per heavy atom. The molecule has 16 heavy (non-hydrogen) atoms. The minimum atomic E-state index is -2.07. The molecule has 0 saturated heterocycles. The molecule has 0 bridgehead atoms. The first kappa shape index (κ1) is 13.4. The Hall–Kier alpha value is -0.673. The lowest BCUT2D eigenvalue weighted by Crippen LogP contribution is -2.39. The van der Waals surface area contributed by atoms with E-state index >= 15 is 0 Å². The third-order valence-electron chi connectivity index (χ3n) is 3.66. The molecule has 0 radical (unpaired) electrons. The van der Waals surface area contributed by atoms with Crippen LogP contribution in [0.5, 0.6) is 0 Å². The van der Waals surface area contributed by atoms with Gasteiger partial charge in [0.1, 0.15) is 0 Å². The van der Waals surface area contributed by atoms with E-state index in [1.807, 2.05) is 26.2 Å². The number of pyridine rings is 1. The second-order valence-corrected chi connectivity index (χ2v) is 10.2. The van der Waals surface area contributed by atoms with Crippen molar-refractivity contribution >= 4 is 8.32 Å². The lowest BCUT2D eigenvalue weighted by molar-refractivity contribution is 0.451.